The molecule has 0 amide bonds. The number of allylic oxidation sites excluding steroid dienone is 2. The highest BCUT2D eigenvalue weighted by Crippen LogP contribution is 2.53. The molecule has 0 saturated heterocycles. The van der Waals surface area contributed by atoms with Crippen molar-refractivity contribution < 1.29 is 0 Å². The van der Waals surface area contributed by atoms with Crippen LogP contribution in [-0.2, 0) is 0 Å². The van der Waals surface area contributed by atoms with Crippen molar-refractivity contribution in [1.82, 2.24) is 0 Å². The number of fused-ring (bicyclic) bond motifs is 6. The molecule has 0 aliphatic heterocycles. The lowest BCUT2D eigenvalue weighted by atomic mass is 9.93. The predicted molar refractivity (Wildman–Crippen MR) is 124 cm³/mol. The Balaban J connectivity index is 1.93. The fraction of sp³-hybridized carbons (Fsp3) is 0. The molecule has 2 aliphatic carbocycles. The van der Waals surface area contributed by atoms with E-state index in [0.717, 1.165) is 28.5 Å². The van der Waals surface area contributed by atoms with Crippen LogP contribution in [0.3, 0.4) is 0 Å². The van der Waals surface area contributed by atoms with E-state index in [9.17, 15) is 26.3 Å². The minimum Gasteiger partial charge on any atom is -0.307 e. The third-order valence-corrected chi connectivity index (χ3v) is 6.12. The molecule has 5 rings (SSSR count). The maximum absolute atomic E-state index is 9.72. The topological polar surface area (TPSA) is 143 Å². The summed E-state index contributed by atoms with van der Waals surface area (Å²) in [5.74, 6) is 0. The molecule has 6 heteroatoms. The van der Waals surface area contributed by atoms with Gasteiger partial charge in [-0.3, -0.25) is 0 Å². The van der Waals surface area contributed by atoms with Gasteiger partial charge in [0.1, 0.15) is 23.8 Å². The maximum Gasteiger partial charge on any atom is 0.138 e. The molecule has 0 spiro atoms. The summed E-state index contributed by atoms with van der Waals surface area (Å²) >= 11 is 0. The number of nitrogens with zero attached hydrogens (tertiary/aromatic N) is 5. The smallest absolute Gasteiger partial charge is 0.138 e. The fourth-order valence-electron chi connectivity index (χ4n) is 4.72. The summed E-state index contributed by atoms with van der Waals surface area (Å²) in [7, 11) is 0. The molecule has 0 saturated carbocycles. The zero-order chi connectivity index (χ0) is 24.0. The van der Waals surface area contributed by atoms with Gasteiger partial charge in [-0.15, -0.1) is 0 Å². The minimum absolute atomic E-state index is 0.0737. The molecule has 3 aromatic rings. The first-order chi connectivity index (χ1) is 16.6. The third kappa shape index (κ3) is 2.60. The number of hydrogen-bond acceptors (Lipinski definition) is 6. The lowest BCUT2D eigenvalue weighted by Gasteiger charge is -2.09. The summed E-state index contributed by atoms with van der Waals surface area (Å²) in [5.41, 5.74) is 7.81. The Hall–Kier alpha value is -5.74. The van der Waals surface area contributed by atoms with Crippen molar-refractivity contribution in [3.05, 3.63) is 93.1 Å². The highest BCUT2D eigenvalue weighted by atomic mass is 14.4. The lowest BCUT2D eigenvalue weighted by molar-refractivity contribution is 1.45. The second-order valence-electron chi connectivity index (χ2n) is 7.71. The Morgan fingerprint density at radius 1 is 0.559 bits per heavy atom. The van der Waals surface area contributed by atoms with E-state index in [-0.39, 0.29) is 11.1 Å². The van der Waals surface area contributed by atoms with E-state index in [0.29, 0.717) is 44.5 Å². The third-order valence-electron chi connectivity index (χ3n) is 6.12. The average Bonchev–Trinajstić information content (AvgIpc) is 3.36. The molecular formula is C28H10N6. The summed E-state index contributed by atoms with van der Waals surface area (Å²) in [5, 5.41) is 55.6. The number of hydrogen-bond donors (Lipinski definition) is 1. The Morgan fingerprint density at radius 3 is 1.50 bits per heavy atom. The van der Waals surface area contributed by atoms with Crippen LogP contribution in [0.1, 0.15) is 33.4 Å². The van der Waals surface area contributed by atoms with Gasteiger partial charge in [-0.25, -0.2) is 0 Å². The summed E-state index contributed by atoms with van der Waals surface area (Å²) in [6.07, 6.45) is 0.987. The lowest BCUT2D eigenvalue weighted by Crippen LogP contribution is -1.93. The maximum atomic E-state index is 9.72. The van der Waals surface area contributed by atoms with Crippen molar-refractivity contribution in [2.45, 2.75) is 0 Å². The zero-order valence-corrected chi connectivity index (χ0v) is 17.4. The van der Waals surface area contributed by atoms with Crippen LogP contribution in [0.5, 0.6) is 0 Å². The van der Waals surface area contributed by atoms with Gasteiger partial charge >= 0.3 is 0 Å². The van der Waals surface area contributed by atoms with E-state index in [2.05, 4.69) is 18.2 Å². The number of benzene rings is 3. The minimum atomic E-state index is -0.0737. The molecule has 152 valence electrons. The molecule has 1 N–H and O–H groups in total. The van der Waals surface area contributed by atoms with Crippen molar-refractivity contribution in [3.63, 3.8) is 0 Å². The molecule has 0 unspecified atom stereocenters. The summed E-state index contributed by atoms with van der Waals surface area (Å²) < 4.78 is 0. The average molecular weight is 430 g/mol. The molecule has 3 aromatic carbocycles. The van der Waals surface area contributed by atoms with Gasteiger partial charge in [0.25, 0.3) is 0 Å². The highest BCUT2D eigenvalue weighted by molar-refractivity contribution is 6.13. The van der Waals surface area contributed by atoms with Gasteiger partial charge in [0.2, 0.25) is 0 Å². The Labute approximate surface area is 194 Å². The van der Waals surface area contributed by atoms with Crippen molar-refractivity contribution in [1.29, 1.82) is 31.7 Å². The summed E-state index contributed by atoms with van der Waals surface area (Å²) in [4.78, 5) is 0. The zero-order valence-electron chi connectivity index (χ0n) is 17.4. The van der Waals surface area contributed by atoms with E-state index in [1.165, 1.54) is 0 Å². The quantitative estimate of drug-likeness (QED) is 0.287. The first-order valence-corrected chi connectivity index (χ1v) is 10.1. The van der Waals surface area contributed by atoms with E-state index in [1.54, 1.807) is 24.3 Å². The Morgan fingerprint density at radius 2 is 1.03 bits per heavy atom. The molecular weight excluding hydrogens is 420 g/mol. The van der Waals surface area contributed by atoms with Crippen LogP contribution in [0.2, 0.25) is 0 Å². The van der Waals surface area contributed by atoms with Crippen LogP contribution in [0.15, 0.2) is 59.7 Å². The number of rotatable bonds is 1. The fourth-order valence-corrected chi connectivity index (χ4v) is 4.72. The van der Waals surface area contributed by atoms with Crippen LogP contribution in [0.4, 0.5) is 0 Å². The van der Waals surface area contributed by atoms with Crippen LogP contribution in [-0.4, -0.2) is 6.21 Å². The van der Waals surface area contributed by atoms with Crippen LogP contribution < -0.4 is 0 Å². The van der Waals surface area contributed by atoms with Crippen LogP contribution in [0.25, 0.3) is 33.4 Å². The van der Waals surface area contributed by atoms with Gasteiger partial charge < -0.3 is 5.41 Å². The second kappa shape index (κ2) is 7.44. The van der Waals surface area contributed by atoms with Gasteiger partial charge in [-0.05, 0) is 80.9 Å². The van der Waals surface area contributed by atoms with E-state index >= 15 is 0 Å². The molecule has 0 aromatic heterocycles. The highest BCUT2D eigenvalue weighted by Gasteiger charge is 2.33. The van der Waals surface area contributed by atoms with Gasteiger partial charge in [-0.2, -0.15) is 26.3 Å². The normalized spacial score (nSPS) is 13.0. The summed E-state index contributed by atoms with van der Waals surface area (Å²) in [6, 6.07) is 24.4. The second-order valence-corrected chi connectivity index (χ2v) is 7.71. The monoisotopic (exact) mass is 430 g/mol. The van der Waals surface area contributed by atoms with Gasteiger partial charge in [-0.1, -0.05) is 12.1 Å². The molecule has 0 atom stereocenters. The van der Waals surface area contributed by atoms with Gasteiger partial charge in [0.15, 0.2) is 0 Å². The SMILES string of the molecule is N#CC(C#N)=C1c2cc(C#N)ccc2-c2cc3c(cc21)/C(=C(\C#N)C=N)c1cc(C#N)ccc1-3. The molecule has 0 bridgehead atoms. The summed E-state index contributed by atoms with van der Waals surface area (Å²) in [6.45, 7) is 0. The van der Waals surface area contributed by atoms with E-state index in [4.69, 9.17) is 5.41 Å². The Kier molecular flexibility index (Phi) is 4.42. The molecule has 0 fully saturated rings. The van der Waals surface area contributed by atoms with Crippen molar-refractivity contribution in [2.75, 3.05) is 0 Å². The first kappa shape index (κ1) is 20.2. The van der Waals surface area contributed by atoms with Crippen molar-refractivity contribution in [3.8, 4) is 52.6 Å². The van der Waals surface area contributed by atoms with Gasteiger partial charge in [0.05, 0.1) is 28.8 Å². The van der Waals surface area contributed by atoms with Crippen LogP contribution in [0, 0.1) is 62.1 Å². The van der Waals surface area contributed by atoms with Crippen molar-refractivity contribution >= 4 is 17.4 Å². The first-order valence-electron chi connectivity index (χ1n) is 10.1. The predicted octanol–water partition coefficient (Wildman–Crippen LogP) is 5.21. The standard InChI is InChI=1S/C28H10N6/c29-9-15-1-3-19-21-7-22-20-4-2-16(10-30)6-24(20)28(18(13-33)14-34)26(22)8-25(21)27(23(19)5-15)17(11-31)12-32/h1-8,11,31H/b27-17-,31-11?. The molecule has 0 heterocycles. The van der Waals surface area contributed by atoms with Crippen LogP contribution >= 0.6 is 0 Å². The van der Waals surface area contributed by atoms with E-state index in [1.807, 2.05) is 36.4 Å². The largest absolute Gasteiger partial charge is 0.307 e. The molecule has 34 heavy (non-hydrogen) atoms. The van der Waals surface area contributed by atoms with Gasteiger partial charge in [0, 0.05) is 17.4 Å². The number of nitrogens with one attached hydrogen (secondary N) is 1. The Bertz CT molecular complexity index is 1750. The molecule has 6 nitrogen and oxygen atoms in total. The van der Waals surface area contributed by atoms with E-state index < -0.39 is 0 Å². The molecule has 2 aliphatic rings. The number of nitriles is 5. The molecule has 0 radical (unpaired) electrons. The van der Waals surface area contributed by atoms with Crippen molar-refractivity contribution in [2.24, 2.45) is 0 Å².